The molecule has 2 unspecified atom stereocenters. The molecule has 0 amide bonds. The lowest BCUT2D eigenvalue weighted by Gasteiger charge is -2.40. The first-order chi connectivity index (χ1) is 16.9. The smallest absolute Gasteiger partial charge is 0.341 e. The van der Waals surface area contributed by atoms with Crippen LogP contribution < -0.4 is 10.3 Å². The predicted molar refractivity (Wildman–Crippen MR) is 138 cm³/mol. The molecule has 1 aromatic carbocycles. The van der Waals surface area contributed by atoms with E-state index in [1.165, 1.54) is 12.3 Å². The van der Waals surface area contributed by atoms with Gasteiger partial charge in [0.2, 0.25) is 5.43 Å². The van der Waals surface area contributed by atoms with E-state index in [-0.39, 0.29) is 40.8 Å². The number of halogens is 1. The lowest BCUT2D eigenvalue weighted by molar-refractivity contribution is 0.00149. The highest BCUT2D eigenvalue weighted by Crippen LogP contribution is 2.41. The summed E-state index contributed by atoms with van der Waals surface area (Å²) in [5, 5.41) is 19.6. The summed E-state index contributed by atoms with van der Waals surface area (Å²) in [4.78, 5) is 26.4. The monoisotopic (exact) mass is 506 g/mol. The molecule has 0 bridgehead atoms. The van der Waals surface area contributed by atoms with Crippen LogP contribution in [0.4, 0.5) is 10.1 Å². The lowest BCUT2D eigenvalue weighted by Crippen LogP contribution is -2.41. The third-order valence-electron chi connectivity index (χ3n) is 7.61. The van der Waals surface area contributed by atoms with Crippen LogP contribution in [-0.2, 0) is 9.47 Å². The molecule has 1 heterocycles. The van der Waals surface area contributed by atoms with Gasteiger partial charge in [0, 0.05) is 50.9 Å². The third-order valence-corrected chi connectivity index (χ3v) is 7.61. The molecule has 1 aliphatic rings. The molecule has 1 fully saturated rings. The number of hydrogen-bond acceptors (Lipinski definition) is 6. The van der Waals surface area contributed by atoms with E-state index < -0.39 is 17.2 Å². The number of fused-ring (bicyclic) bond motifs is 1. The fourth-order valence-electron chi connectivity index (χ4n) is 5.14. The lowest BCUT2D eigenvalue weighted by atomic mass is 9.73. The minimum Gasteiger partial charge on any atom is -0.477 e. The van der Waals surface area contributed by atoms with Gasteiger partial charge in [0.25, 0.3) is 0 Å². The van der Waals surface area contributed by atoms with E-state index in [0.29, 0.717) is 43.1 Å². The van der Waals surface area contributed by atoms with Crippen molar-refractivity contribution in [2.24, 2.45) is 17.3 Å². The molecule has 1 aromatic heterocycles. The largest absolute Gasteiger partial charge is 0.477 e. The molecule has 2 N–H and O–H groups in total. The Hall–Kier alpha value is -2.49. The number of carboxylic acids is 1. The SMILES string of the molecule is COCCOCC(CO)C(C)C(C)(C)CN(C)c1c(F)cc2c(=O)c(C(=O)O)cn(C3CC3)c2c1C. The molecule has 2 atom stereocenters. The van der Waals surface area contributed by atoms with Crippen LogP contribution in [0.1, 0.15) is 55.6 Å². The maximum Gasteiger partial charge on any atom is 0.341 e. The molecule has 36 heavy (non-hydrogen) atoms. The summed E-state index contributed by atoms with van der Waals surface area (Å²) in [7, 11) is 3.43. The Morgan fingerprint density at radius 2 is 2.00 bits per heavy atom. The Morgan fingerprint density at radius 3 is 2.56 bits per heavy atom. The maximum atomic E-state index is 15.5. The van der Waals surface area contributed by atoms with Gasteiger partial charge in [-0.05, 0) is 42.7 Å². The second-order valence-electron chi connectivity index (χ2n) is 10.7. The number of anilines is 1. The Balaban J connectivity index is 1.95. The van der Waals surface area contributed by atoms with Crippen LogP contribution in [0.5, 0.6) is 0 Å². The number of aromatic carboxylic acids is 1. The average Bonchev–Trinajstić information content (AvgIpc) is 3.64. The Kier molecular flexibility index (Phi) is 8.80. The minimum atomic E-state index is -1.31. The molecular formula is C27H39FN2O6. The summed E-state index contributed by atoms with van der Waals surface area (Å²) >= 11 is 0. The number of hydrogen-bond donors (Lipinski definition) is 2. The minimum absolute atomic E-state index is 0.0236. The molecule has 200 valence electrons. The van der Waals surface area contributed by atoms with Gasteiger partial charge in [0.05, 0.1) is 31.0 Å². The van der Waals surface area contributed by atoms with E-state index >= 15 is 4.39 Å². The first kappa shape index (κ1) is 28.1. The fraction of sp³-hybridized carbons (Fsp3) is 0.630. The van der Waals surface area contributed by atoms with Crippen molar-refractivity contribution >= 4 is 22.6 Å². The number of rotatable bonds is 13. The molecule has 0 spiro atoms. The second-order valence-corrected chi connectivity index (χ2v) is 10.7. The van der Waals surface area contributed by atoms with Crippen molar-refractivity contribution < 1.29 is 28.9 Å². The molecule has 0 radical (unpaired) electrons. The van der Waals surface area contributed by atoms with Gasteiger partial charge >= 0.3 is 5.97 Å². The number of nitrogens with zero attached hydrogens (tertiary/aromatic N) is 2. The summed E-state index contributed by atoms with van der Waals surface area (Å²) in [5.74, 6) is -1.91. The topological polar surface area (TPSA) is 101 Å². The number of methoxy groups -OCH3 is 1. The highest BCUT2D eigenvalue weighted by atomic mass is 19.1. The molecule has 3 rings (SSSR count). The predicted octanol–water partition coefficient (Wildman–Crippen LogP) is 3.85. The number of aliphatic hydroxyl groups is 1. The summed E-state index contributed by atoms with van der Waals surface area (Å²) < 4.78 is 28.0. The van der Waals surface area contributed by atoms with Gasteiger partial charge in [-0.1, -0.05) is 20.8 Å². The van der Waals surface area contributed by atoms with Crippen molar-refractivity contribution in [3.05, 3.63) is 39.4 Å². The Morgan fingerprint density at radius 1 is 1.33 bits per heavy atom. The Labute approximate surface area is 211 Å². The molecule has 2 aromatic rings. The van der Waals surface area contributed by atoms with Gasteiger partial charge in [-0.15, -0.1) is 0 Å². The third kappa shape index (κ3) is 5.74. The van der Waals surface area contributed by atoms with Gasteiger partial charge in [0.1, 0.15) is 11.4 Å². The normalized spacial score (nSPS) is 15.8. The molecule has 1 saturated carbocycles. The van der Waals surface area contributed by atoms with E-state index in [1.807, 2.05) is 16.5 Å². The van der Waals surface area contributed by atoms with Crippen LogP contribution in [0.2, 0.25) is 0 Å². The summed E-state index contributed by atoms with van der Waals surface area (Å²) in [6.45, 7) is 9.82. The number of benzene rings is 1. The molecule has 0 aliphatic heterocycles. The second kappa shape index (κ2) is 11.3. The van der Waals surface area contributed by atoms with Crippen molar-refractivity contribution in [1.29, 1.82) is 0 Å². The molecule has 9 heteroatoms. The number of ether oxygens (including phenoxy) is 2. The molecule has 1 aliphatic carbocycles. The van der Waals surface area contributed by atoms with E-state index in [9.17, 15) is 19.8 Å². The van der Waals surface area contributed by atoms with Gasteiger partial charge in [-0.3, -0.25) is 4.79 Å². The number of aliphatic hydroxyl groups excluding tert-OH is 1. The first-order valence-electron chi connectivity index (χ1n) is 12.4. The van der Waals surface area contributed by atoms with Crippen LogP contribution in [0.25, 0.3) is 10.9 Å². The zero-order chi connectivity index (χ0) is 26.8. The van der Waals surface area contributed by atoms with Crippen molar-refractivity contribution in [2.75, 3.05) is 52.0 Å². The standard InChI is InChI=1S/C27H39FN2O6/c1-16-23-20(25(32)21(26(33)34)12-30(23)19-7-8-19)11-22(28)24(16)29(5)15-27(3,4)17(2)18(13-31)14-36-10-9-35-6/h11-12,17-19,31H,7-10,13-15H2,1-6H3,(H,33,34). The fourth-order valence-corrected chi connectivity index (χ4v) is 5.14. The van der Waals surface area contributed by atoms with Crippen LogP contribution in [-0.4, -0.2) is 67.9 Å². The summed E-state index contributed by atoms with van der Waals surface area (Å²) in [5.41, 5.74) is 0.256. The summed E-state index contributed by atoms with van der Waals surface area (Å²) in [6, 6.07) is 1.28. The number of aromatic nitrogens is 1. The maximum absolute atomic E-state index is 15.5. The molecule has 0 saturated heterocycles. The van der Waals surface area contributed by atoms with Gasteiger partial charge in [0.15, 0.2) is 0 Å². The Bertz CT molecular complexity index is 1160. The highest BCUT2D eigenvalue weighted by Gasteiger charge is 2.35. The first-order valence-corrected chi connectivity index (χ1v) is 12.4. The summed E-state index contributed by atoms with van der Waals surface area (Å²) in [6.07, 6.45) is 3.18. The van der Waals surface area contributed by atoms with Gasteiger partial charge in [-0.25, -0.2) is 9.18 Å². The quantitative estimate of drug-likeness (QED) is 0.398. The highest BCUT2D eigenvalue weighted by molar-refractivity contribution is 5.95. The number of carboxylic acid groups (broad SMARTS) is 1. The molecular weight excluding hydrogens is 467 g/mol. The number of carbonyl (C=O) groups is 1. The zero-order valence-corrected chi connectivity index (χ0v) is 22.1. The van der Waals surface area contributed by atoms with Gasteiger partial charge in [-0.2, -0.15) is 0 Å². The van der Waals surface area contributed by atoms with E-state index in [4.69, 9.17) is 9.47 Å². The zero-order valence-electron chi connectivity index (χ0n) is 22.1. The average molecular weight is 507 g/mol. The van der Waals surface area contributed by atoms with Crippen LogP contribution in [0.15, 0.2) is 17.1 Å². The van der Waals surface area contributed by atoms with Crippen LogP contribution >= 0.6 is 0 Å². The van der Waals surface area contributed by atoms with Crippen LogP contribution in [0.3, 0.4) is 0 Å². The van der Waals surface area contributed by atoms with E-state index in [1.54, 1.807) is 14.0 Å². The van der Waals surface area contributed by atoms with Gasteiger partial charge < -0.3 is 29.2 Å². The number of pyridine rings is 1. The van der Waals surface area contributed by atoms with Crippen molar-refractivity contribution in [3.8, 4) is 0 Å². The van der Waals surface area contributed by atoms with Crippen LogP contribution in [0, 0.1) is 30.0 Å². The molecule has 8 nitrogen and oxygen atoms in total. The van der Waals surface area contributed by atoms with Crippen molar-refractivity contribution in [3.63, 3.8) is 0 Å². The van der Waals surface area contributed by atoms with E-state index in [0.717, 1.165) is 12.8 Å². The van der Waals surface area contributed by atoms with Crippen molar-refractivity contribution in [2.45, 2.75) is 46.6 Å². The van der Waals surface area contributed by atoms with Crippen molar-refractivity contribution in [1.82, 2.24) is 4.57 Å². The van der Waals surface area contributed by atoms with E-state index in [2.05, 4.69) is 20.8 Å². The number of aryl methyl sites for hydroxylation is 1.